The summed E-state index contributed by atoms with van der Waals surface area (Å²) in [6.07, 6.45) is 21.0. The molecule has 0 unspecified atom stereocenters. The van der Waals surface area contributed by atoms with E-state index in [2.05, 4.69) is 24.1 Å². The van der Waals surface area contributed by atoms with Crippen molar-refractivity contribution in [3.8, 4) is 0 Å². The molecule has 0 radical (unpaired) electrons. The topological polar surface area (TPSA) is 91.5 Å². The van der Waals surface area contributed by atoms with Crippen LogP contribution in [0.25, 0.3) is 0 Å². The van der Waals surface area contributed by atoms with Crippen LogP contribution in [-0.4, -0.2) is 16.9 Å². The van der Waals surface area contributed by atoms with Crippen molar-refractivity contribution in [2.75, 3.05) is 5.73 Å². The lowest BCUT2D eigenvalue weighted by atomic mass is 9.44. The minimum atomic E-state index is -0.586. The van der Waals surface area contributed by atoms with Gasteiger partial charge in [-0.1, -0.05) is 51.0 Å². The average molecular weight is 555 g/mol. The Morgan fingerprint density at radius 2 is 1.90 bits per heavy atom. The van der Waals surface area contributed by atoms with Gasteiger partial charge < -0.3 is 15.2 Å². The van der Waals surface area contributed by atoms with Crippen LogP contribution in [0.15, 0.2) is 64.3 Å². The van der Waals surface area contributed by atoms with Crippen molar-refractivity contribution in [3.05, 3.63) is 69.9 Å². The van der Waals surface area contributed by atoms with Crippen LogP contribution in [-0.2, 0) is 25.5 Å². The summed E-state index contributed by atoms with van der Waals surface area (Å²) in [5.74, 6) is 2.85. The summed E-state index contributed by atoms with van der Waals surface area (Å²) in [5, 5.41) is 0. The first kappa shape index (κ1) is 26.7. The number of cyclic esters (lactones) is 2. The van der Waals surface area contributed by atoms with E-state index >= 15 is 0 Å². The Bertz CT molecular complexity index is 1390. The predicted molar refractivity (Wildman–Crippen MR) is 157 cm³/mol. The fraction of sp³-hybridized carbons (Fsp3) is 0.571. The first-order valence-electron chi connectivity index (χ1n) is 16.0. The van der Waals surface area contributed by atoms with Crippen molar-refractivity contribution < 1.29 is 19.1 Å². The summed E-state index contributed by atoms with van der Waals surface area (Å²) in [5.41, 5.74) is 10.5. The zero-order valence-corrected chi connectivity index (χ0v) is 24.3. The predicted octanol–water partition coefficient (Wildman–Crippen LogP) is 7.28. The molecule has 4 atom stereocenters. The Balaban J connectivity index is 1.34. The maximum atomic E-state index is 13.9. The van der Waals surface area contributed by atoms with E-state index < -0.39 is 5.41 Å². The summed E-state index contributed by atoms with van der Waals surface area (Å²) < 4.78 is 12.2. The van der Waals surface area contributed by atoms with Crippen molar-refractivity contribution in [1.82, 2.24) is 4.98 Å². The number of esters is 2. The highest BCUT2D eigenvalue weighted by Crippen LogP contribution is 2.70. The molecule has 3 fully saturated rings. The molecule has 1 aromatic heterocycles. The largest absolute Gasteiger partial charge is 0.427 e. The molecular formula is C35H42N2O4. The van der Waals surface area contributed by atoms with E-state index in [1.165, 1.54) is 37.7 Å². The molecule has 6 nitrogen and oxygen atoms in total. The maximum Gasteiger partial charge on any atom is 0.340 e. The molecule has 41 heavy (non-hydrogen) atoms. The number of nitrogens with two attached hydrogens (primary N) is 1. The minimum Gasteiger partial charge on any atom is -0.427 e. The Kier molecular flexibility index (Phi) is 6.91. The van der Waals surface area contributed by atoms with Crippen LogP contribution in [0.4, 0.5) is 5.82 Å². The molecule has 2 N–H and O–H groups in total. The number of hydrogen-bond donors (Lipinski definition) is 1. The summed E-state index contributed by atoms with van der Waals surface area (Å²) in [7, 11) is 0. The van der Waals surface area contributed by atoms with Crippen molar-refractivity contribution in [1.29, 1.82) is 0 Å². The van der Waals surface area contributed by atoms with Gasteiger partial charge in [-0.05, 0) is 99.0 Å². The van der Waals surface area contributed by atoms with E-state index in [0.29, 0.717) is 12.2 Å². The van der Waals surface area contributed by atoms with Gasteiger partial charge in [0.2, 0.25) is 0 Å². The van der Waals surface area contributed by atoms with Gasteiger partial charge in [0.1, 0.15) is 17.3 Å². The smallest absolute Gasteiger partial charge is 0.340 e. The fourth-order valence-corrected chi connectivity index (χ4v) is 9.31. The molecule has 3 heterocycles. The molecule has 2 aliphatic heterocycles. The lowest BCUT2D eigenvalue weighted by molar-refractivity contribution is -0.135. The van der Waals surface area contributed by atoms with E-state index in [1.54, 1.807) is 6.20 Å². The number of aromatic nitrogens is 1. The third kappa shape index (κ3) is 4.31. The van der Waals surface area contributed by atoms with E-state index in [9.17, 15) is 9.59 Å². The third-order valence-electron chi connectivity index (χ3n) is 11.0. The standard InChI is InChI=1S/C35H42N2O4/c1-2-3-11-27-25-14-13-24-23-15-17-35(31(24)30(25)33(38)40-27)28(12-7-10-21-8-5-4-6-9-21)41-34(39)32(35)26(23)19-22-16-18-37-29(36)20-22/h11-12,16,18,20-21,23-24,31H,2-10,13-15,17,19H2,1H3,(H2,36,37)/b27-11-,28-12-/t23-,24-,31+,35-/m0/s1. The zero-order valence-electron chi connectivity index (χ0n) is 24.3. The first-order valence-corrected chi connectivity index (χ1v) is 16.0. The number of unbranched alkanes of at least 4 members (excludes halogenated alkanes) is 1. The van der Waals surface area contributed by atoms with Crippen molar-refractivity contribution in [3.63, 3.8) is 0 Å². The second-order valence-electron chi connectivity index (χ2n) is 13.1. The highest BCUT2D eigenvalue weighted by molar-refractivity contribution is 6.00. The van der Waals surface area contributed by atoms with Crippen molar-refractivity contribution in [2.45, 2.75) is 96.8 Å². The fourth-order valence-electron chi connectivity index (χ4n) is 9.31. The summed E-state index contributed by atoms with van der Waals surface area (Å²) >= 11 is 0. The molecule has 1 spiro atoms. The molecule has 6 heteroatoms. The van der Waals surface area contributed by atoms with Crippen LogP contribution in [0, 0.1) is 29.1 Å². The normalized spacial score (nSPS) is 32.9. The lowest BCUT2D eigenvalue weighted by Crippen LogP contribution is -2.52. The van der Waals surface area contributed by atoms with Gasteiger partial charge in [-0.3, -0.25) is 0 Å². The molecule has 2 bridgehead atoms. The number of fused-ring (bicyclic) bond motifs is 1. The summed E-state index contributed by atoms with van der Waals surface area (Å²) in [6, 6.07) is 3.92. The molecule has 1 aromatic rings. The van der Waals surface area contributed by atoms with Gasteiger partial charge in [0.05, 0.1) is 11.0 Å². The second kappa shape index (κ2) is 10.6. The van der Waals surface area contributed by atoms with Crippen LogP contribution in [0.3, 0.4) is 0 Å². The second-order valence-corrected chi connectivity index (χ2v) is 13.1. The quantitative estimate of drug-likeness (QED) is 0.356. The zero-order chi connectivity index (χ0) is 28.1. The van der Waals surface area contributed by atoms with Gasteiger partial charge in [-0.15, -0.1) is 0 Å². The van der Waals surface area contributed by atoms with Crippen molar-refractivity contribution in [2.24, 2.45) is 29.1 Å². The Morgan fingerprint density at radius 1 is 1.05 bits per heavy atom. The number of hydrogen-bond acceptors (Lipinski definition) is 6. The highest BCUT2D eigenvalue weighted by atomic mass is 16.5. The van der Waals surface area contributed by atoms with Crippen LogP contribution >= 0.6 is 0 Å². The molecule has 1 saturated heterocycles. The molecule has 7 aliphatic rings. The van der Waals surface area contributed by atoms with Crippen LogP contribution in [0.5, 0.6) is 0 Å². The number of nitrogens with zero attached hydrogens (tertiary/aromatic N) is 1. The van der Waals surface area contributed by atoms with Crippen LogP contribution in [0.1, 0.15) is 96.0 Å². The number of allylic oxidation sites excluding steroid dienone is 5. The van der Waals surface area contributed by atoms with E-state index in [-0.39, 0.29) is 29.7 Å². The van der Waals surface area contributed by atoms with Gasteiger partial charge >= 0.3 is 11.9 Å². The Morgan fingerprint density at radius 3 is 2.71 bits per heavy atom. The van der Waals surface area contributed by atoms with E-state index in [1.807, 2.05) is 12.1 Å². The monoisotopic (exact) mass is 554 g/mol. The number of carbonyl (C=O) groups is 2. The molecule has 216 valence electrons. The van der Waals surface area contributed by atoms with Gasteiger partial charge in [-0.25, -0.2) is 14.6 Å². The van der Waals surface area contributed by atoms with Crippen molar-refractivity contribution >= 4 is 17.8 Å². The molecule has 0 aromatic carbocycles. The highest BCUT2D eigenvalue weighted by Gasteiger charge is 2.68. The number of ether oxygens (including phenoxy) is 2. The average Bonchev–Trinajstić information content (AvgIpc) is 3.46. The maximum absolute atomic E-state index is 13.9. The summed E-state index contributed by atoms with van der Waals surface area (Å²) in [6.45, 7) is 2.14. The number of pyridine rings is 1. The minimum absolute atomic E-state index is 0.0707. The molecular weight excluding hydrogens is 512 g/mol. The number of nitrogen functional groups attached to an aromatic ring is 1. The third-order valence-corrected chi connectivity index (χ3v) is 11.0. The van der Waals surface area contributed by atoms with Gasteiger partial charge in [-0.2, -0.15) is 0 Å². The Labute approximate surface area is 243 Å². The van der Waals surface area contributed by atoms with Gasteiger partial charge in [0.25, 0.3) is 0 Å². The number of rotatable bonds is 7. The van der Waals surface area contributed by atoms with E-state index in [0.717, 1.165) is 91.1 Å². The molecule has 2 saturated carbocycles. The van der Waals surface area contributed by atoms with Crippen LogP contribution in [0.2, 0.25) is 0 Å². The number of carbonyl (C=O) groups excluding carboxylic acids is 2. The Hall–Kier alpha value is -3.15. The van der Waals surface area contributed by atoms with Crippen LogP contribution < -0.4 is 5.73 Å². The molecule has 8 rings (SSSR count). The lowest BCUT2D eigenvalue weighted by Gasteiger charge is -2.56. The SMILES string of the molecule is CCC/C=C1\OC(=O)C2=C1CC[C@H]1[C@@H]3CC[C@@]4(C(=C3Cc3ccnc(N)c3)C(=O)O/C4=C\CCC3CCCCC3)[C@@H]21. The number of anilines is 1. The molecule has 5 aliphatic carbocycles. The van der Waals surface area contributed by atoms with Gasteiger partial charge in [0, 0.05) is 23.3 Å². The van der Waals surface area contributed by atoms with Gasteiger partial charge in [0.15, 0.2) is 0 Å². The summed E-state index contributed by atoms with van der Waals surface area (Å²) in [4.78, 5) is 31.7. The van der Waals surface area contributed by atoms with E-state index in [4.69, 9.17) is 15.2 Å². The first-order chi connectivity index (χ1) is 20.0. The molecule has 0 amide bonds.